The number of benzene rings is 2. The number of phenols is 1. The normalized spacial score (nSPS) is 14.9. The summed E-state index contributed by atoms with van der Waals surface area (Å²) in [6.45, 7) is 2.86. The maximum absolute atomic E-state index is 12.6. The summed E-state index contributed by atoms with van der Waals surface area (Å²) in [4.78, 5) is 49.0. The van der Waals surface area contributed by atoms with Crippen molar-refractivity contribution in [3.05, 3.63) is 80.9 Å². The first-order chi connectivity index (χ1) is 17.2. The van der Waals surface area contributed by atoms with Crippen LogP contribution in [0.3, 0.4) is 0 Å². The van der Waals surface area contributed by atoms with Crippen molar-refractivity contribution in [1.82, 2.24) is 0 Å². The molecule has 0 spiro atoms. The van der Waals surface area contributed by atoms with Gasteiger partial charge in [0.1, 0.15) is 28.4 Å². The summed E-state index contributed by atoms with van der Waals surface area (Å²) in [5.41, 5.74) is 0.938. The fourth-order valence-corrected chi connectivity index (χ4v) is 4.56. The van der Waals surface area contributed by atoms with Gasteiger partial charge in [0, 0.05) is 11.6 Å². The number of furan rings is 1. The minimum Gasteiger partial charge on any atom is -0.506 e. The largest absolute Gasteiger partial charge is 0.506 e. The quantitative estimate of drug-likeness (QED) is 0.191. The lowest BCUT2D eigenvalue weighted by Gasteiger charge is -2.26. The second-order valence-electron chi connectivity index (χ2n) is 8.48. The summed E-state index contributed by atoms with van der Waals surface area (Å²) in [7, 11) is 1.30. The number of aryl methyl sites for hydroxylation is 1. The first kappa shape index (κ1) is 23.1. The summed E-state index contributed by atoms with van der Waals surface area (Å²) in [6.07, 6.45) is -0.143. The lowest BCUT2D eigenvalue weighted by molar-refractivity contribution is -0.135. The smallest absolute Gasteiger partial charge is 0.337 e. The van der Waals surface area contributed by atoms with Crippen LogP contribution in [0.2, 0.25) is 0 Å². The van der Waals surface area contributed by atoms with Gasteiger partial charge in [-0.15, -0.1) is 0 Å². The Morgan fingerprint density at radius 2 is 1.78 bits per heavy atom. The predicted molar refractivity (Wildman–Crippen MR) is 126 cm³/mol. The summed E-state index contributed by atoms with van der Waals surface area (Å²) in [6, 6.07) is 11.2. The number of esters is 2. The molecule has 4 aromatic rings. The van der Waals surface area contributed by atoms with Crippen molar-refractivity contribution >= 4 is 28.7 Å². The zero-order chi connectivity index (χ0) is 25.7. The highest BCUT2D eigenvalue weighted by Crippen LogP contribution is 2.50. The van der Waals surface area contributed by atoms with Crippen molar-refractivity contribution < 1.29 is 37.8 Å². The minimum absolute atomic E-state index is 0.0235. The molecule has 1 unspecified atom stereocenters. The lowest BCUT2D eigenvalue weighted by atomic mass is 9.85. The average Bonchev–Trinajstić information content (AvgIpc) is 3.32. The van der Waals surface area contributed by atoms with Crippen LogP contribution >= 0.6 is 0 Å². The number of fused-ring (bicyclic) bond motifs is 3. The van der Waals surface area contributed by atoms with Crippen LogP contribution in [0.4, 0.5) is 0 Å². The van der Waals surface area contributed by atoms with Gasteiger partial charge in [-0.05, 0) is 43.7 Å². The number of aromatic hydroxyl groups is 1. The highest BCUT2D eigenvalue weighted by atomic mass is 16.5. The van der Waals surface area contributed by atoms with E-state index >= 15 is 0 Å². The lowest BCUT2D eigenvalue weighted by Crippen LogP contribution is -2.23. The number of ketones is 1. The number of Topliss-reactive ketones (excluding diaryl/α,β-unsaturated/α-hetero) is 1. The van der Waals surface area contributed by atoms with Crippen LogP contribution in [0.1, 0.15) is 56.9 Å². The Morgan fingerprint density at radius 1 is 1.06 bits per heavy atom. The van der Waals surface area contributed by atoms with E-state index in [4.69, 9.17) is 18.3 Å². The van der Waals surface area contributed by atoms with E-state index in [1.165, 1.54) is 20.1 Å². The summed E-state index contributed by atoms with van der Waals surface area (Å²) < 4.78 is 21.7. The molecule has 0 bridgehead atoms. The molecule has 0 amide bonds. The number of phenolic OH excluding ortho intramolecular Hbond substituents is 1. The highest BCUT2D eigenvalue weighted by Gasteiger charge is 2.38. The van der Waals surface area contributed by atoms with E-state index in [2.05, 4.69) is 0 Å². The molecular formula is C27H20O9. The molecule has 2 aromatic carbocycles. The number of rotatable bonds is 4. The molecule has 182 valence electrons. The molecule has 5 rings (SSSR count). The zero-order valence-electron chi connectivity index (χ0n) is 19.5. The van der Waals surface area contributed by atoms with Gasteiger partial charge >= 0.3 is 17.6 Å². The first-order valence-electron chi connectivity index (χ1n) is 11.0. The average molecular weight is 488 g/mol. The molecule has 3 heterocycles. The minimum atomic E-state index is -0.754. The molecule has 9 heteroatoms. The SMILES string of the molecule is COC(=O)c1ccc(-c2ccc(C3CC(=O)Oc4c(C(C)=O)c(O)c5c(C)cc(=O)oc5c43)o2)cc1. The molecule has 0 fully saturated rings. The van der Waals surface area contributed by atoms with Crippen molar-refractivity contribution in [2.75, 3.05) is 7.11 Å². The van der Waals surface area contributed by atoms with Gasteiger partial charge in [-0.2, -0.15) is 0 Å². The summed E-state index contributed by atoms with van der Waals surface area (Å²) in [5, 5.41) is 11.1. The van der Waals surface area contributed by atoms with Crippen LogP contribution < -0.4 is 10.4 Å². The maximum Gasteiger partial charge on any atom is 0.337 e. The fourth-order valence-electron chi connectivity index (χ4n) is 4.56. The zero-order valence-corrected chi connectivity index (χ0v) is 19.5. The van der Waals surface area contributed by atoms with Crippen molar-refractivity contribution in [2.45, 2.75) is 26.2 Å². The Labute approximate surface area is 203 Å². The molecule has 0 saturated carbocycles. The molecule has 1 atom stereocenters. The number of hydrogen-bond acceptors (Lipinski definition) is 9. The van der Waals surface area contributed by atoms with E-state index < -0.39 is 35.0 Å². The van der Waals surface area contributed by atoms with Crippen LogP contribution in [0, 0.1) is 6.92 Å². The Hall–Kier alpha value is -4.66. The van der Waals surface area contributed by atoms with Crippen molar-refractivity contribution in [3.63, 3.8) is 0 Å². The predicted octanol–water partition coefficient (Wildman–Crippen LogP) is 4.50. The number of hydrogen-bond donors (Lipinski definition) is 1. The van der Waals surface area contributed by atoms with Gasteiger partial charge in [-0.3, -0.25) is 9.59 Å². The van der Waals surface area contributed by atoms with Gasteiger partial charge in [0.2, 0.25) is 0 Å². The molecule has 1 aliphatic rings. The van der Waals surface area contributed by atoms with E-state index in [0.717, 1.165) is 0 Å². The van der Waals surface area contributed by atoms with Crippen LogP contribution in [0.25, 0.3) is 22.3 Å². The highest BCUT2D eigenvalue weighted by molar-refractivity contribution is 6.09. The standard InChI is InChI=1S/C27H20O9/c1-12-10-19(29)35-25-21(12)24(31)22(13(2)28)26-23(25)16(11-20(30)36-26)18-9-8-17(34-18)14-4-6-15(7-5-14)27(32)33-3/h4-10,16,31H,11H2,1-3H3. The Balaban J connectivity index is 1.70. The van der Waals surface area contributed by atoms with Crippen molar-refractivity contribution in [2.24, 2.45) is 0 Å². The summed E-state index contributed by atoms with van der Waals surface area (Å²) >= 11 is 0. The van der Waals surface area contributed by atoms with Crippen molar-refractivity contribution in [1.29, 1.82) is 0 Å². The Kier molecular flexibility index (Phi) is 5.47. The van der Waals surface area contributed by atoms with Gasteiger partial charge in [0.25, 0.3) is 0 Å². The molecule has 36 heavy (non-hydrogen) atoms. The third kappa shape index (κ3) is 3.65. The number of carbonyl (C=O) groups is 3. The number of carbonyl (C=O) groups excluding carboxylic acids is 3. The molecule has 1 N–H and O–H groups in total. The second-order valence-corrected chi connectivity index (χ2v) is 8.48. The number of ether oxygens (including phenoxy) is 2. The van der Waals surface area contributed by atoms with E-state index in [1.54, 1.807) is 43.3 Å². The van der Waals surface area contributed by atoms with E-state index in [0.29, 0.717) is 28.2 Å². The second kappa shape index (κ2) is 8.53. The first-order valence-corrected chi connectivity index (χ1v) is 11.0. The van der Waals surface area contributed by atoms with Crippen LogP contribution in [0.5, 0.6) is 11.5 Å². The molecule has 0 radical (unpaired) electrons. The monoisotopic (exact) mass is 488 g/mol. The van der Waals surface area contributed by atoms with E-state index in [9.17, 15) is 24.3 Å². The maximum atomic E-state index is 12.6. The fraction of sp³-hybridized carbons (Fsp3) is 0.185. The number of methoxy groups -OCH3 is 1. The Morgan fingerprint density at radius 3 is 2.44 bits per heavy atom. The van der Waals surface area contributed by atoms with Crippen LogP contribution in [-0.2, 0) is 9.53 Å². The van der Waals surface area contributed by atoms with Gasteiger partial charge in [0.05, 0.1) is 36.0 Å². The van der Waals surface area contributed by atoms with Gasteiger partial charge < -0.3 is 23.4 Å². The van der Waals surface area contributed by atoms with Crippen LogP contribution in [0.15, 0.2) is 56.1 Å². The summed E-state index contributed by atoms with van der Waals surface area (Å²) in [5.74, 6) is -2.11. The molecule has 0 aliphatic carbocycles. The molecule has 9 nitrogen and oxygen atoms in total. The van der Waals surface area contributed by atoms with Gasteiger partial charge in [-0.1, -0.05) is 12.1 Å². The molecule has 0 saturated heterocycles. The van der Waals surface area contributed by atoms with Gasteiger partial charge in [-0.25, -0.2) is 9.59 Å². The topological polar surface area (TPSA) is 133 Å². The molecular weight excluding hydrogens is 468 g/mol. The van der Waals surface area contributed by atoms with Crippen molar-refractivity contribution in [3.8, 4) is 22.8 Å². The molecule has 2 aromatic heterocycles. The van der Waals surface area contributed by atoms with E-state index in [-0.39, 0.29) is 34.3 Å². The van der Waals surface area contributed by atoms with Gasteiger partial charge in [0.15, 0.2) is 11.5 Å². The molecule has 1 aliphatic heterocycles. The van der Waals surface area contributed by atoms with E-state index in [1.807, 2.05) is 0 Å². The third-order valence-corrected chi connectivity index (χ3v) is 6.20. The Bertz CT molecular complexity index is 1620. The third-order valence-electron chi connectivity index (χ3n) is 6.20. The van der Waals surface area contributed by atoms with Crippen LogP contribution in [-0.4, -0.2) is 29.9 Å².